The van der Waals surface area contributed by atoms with Gasteiger partial charge in [0, 0.05) is 11.6 Å². The summed E-state index contributed by atoms with van der Waals surface area (Å²) in [5.41, 5.74) is 0.949. The van der Waals surface area contributed by atoms with Crippen molar-refractivity contribution in [2.45, 2.75) is 18.3 Å². The van der Waals surface area contributed by atoms with E-state index in [1.165, 1.54) is 0 Å². The lowest BCUT2D eigenvalue weighted by Crippen LogP contribution is -2.37. The number of nitrogens with one attached hydrogen (secondary N) is 1. The lowest BCUT2D eigenvalue weighted by molar-refractivity contribution is -0.123. The van der Waals surface area contributed by atoms with Gasteiger partial charge in [-0.2, -0.15) is 0 Å². The van der Waals surface area contributed by atoms with Gasteiger partial charge in [0.2, 0.25) is 5.91 Å². The highest BCUT2D eigenvalue weighted by atomic mass is 16.5. The van der Waals surface area contributed by atoms with E-state index in [0.717, 1.165) is 29.9 Å². The molecule has 6 nitrogen and oxygen atoms in total. The van der Waals surface area contributed by atoms with Crippen LogP contribution in [0.4, 0.5) is 0 Å². The van der Waals surface area contributed by atoms with Crippen molar-refractivity contribution in [3.8, 4) is 22.8 Å². The van der Waals surface area contributed by atoms with Crippen LogP contribution in [0, 0.1) is 0 Å². The van der Waals surface area contributed by atoms with Gasteiger partial charge in [0.15, 0.2) is 5.76 Å². The summed E-state index contributed by atoms with van der Waals surface area (Å²) in [6.45, 7) is 0.857. The summed E-state index contributed by atoms with van der Waals surface area (Å²) in [5, 5.41) is 7.13. The molecule has 0 radical (unpaired) electrons. The van der Waals surface area contributed by atoms with Crippen LogP contribution in [0.3, 0.4) is 0 Å². The number of carbonyl (C=O) groups is 1. The molecule has 144 valence electrons. The Bertz CT molecular complexity index is 948. The Morgan fingerprint density at radius 2 is 1.89 bits per heavy atom. The van der Waals surface area contributed by atoms with E-state index >= 15 is 0 Å². The van der Waals surface area contributed by atoms with E-state index in [2.05, 4.69) is 10.5 Å². The first-order valence-corrected chi connectivity index (χ1v) is 9.29. The van der Waals surface area contributed by atoms with E-state index in [1.54, 1.807) is 7.11 Å². The van der Waals surface area contributed by atoms with Crippen LogP contribution in [0.5, 0.6) is 11.5 Å². The van der Waals surface area contributed by atoms with E-state index in [9.17, 15) is 4.79 Å². The number of nitrogens with zero attached hydrogens (tertiary/aromatic N) is 1. The molecule has 0 saturated heterocycles. The summed E-state index contributed by atoms with van der Waals surface area (Å²) in [7, 11) is 1.62. The zero-order valence-electron chi connectivity index (χ0n) is 15.7. The molecule has 1 heterocycles. The summed E-state index contributed by atoms with van der Waals surface area (Å²) in [6.07, 6.45) is 1.53. The molecule has 1 aliphatic rings. The van der Waals surface area contributed by atoms with Crippen LogP contribution in [0.2, 0.25) is 0 Å². The third-order valence-electron chi connectivity index (χ3n) is 4.94. The Morgan fingerprint density at radius 3 is 2.64 bits per heavy atom. The van der Waals surface area contributed by atoms with Crippen LogP contribution in [-0.2, 0) is 10.2 Å². The number of methoxy groups -OCH3 is 1. The molecule has 3 aromatic rings. The van der Waals surface area contributed by atoms with Crippen molar-refractivity contribution in [2.24, 2.45) is 0 Å². The first kappa shape index (κ1) is 18.1. The van der Waals surface area contributed by atoms with Crippen molar-refractivity contribution in [2.75, 3.05) is 20.3 Å². The SMILES string of the molecule is COc1cccc(-c2cc(C3(C(=O)NCCOc4ccccc4)CC3)no2)c1. The van der Waals surface area contributed by atoms with Gasteiger partial charge in [0.05, 0.1) is 24.8 Å². The second-order valence-electron chi connectivity index (χ2n) is 6.81. The molecule has 0 aliphatic heterocycles. The van der Waals surface area contributed by atoms with Gasteiger partial charge in [-0.05, 0) is 37.1 Å². The summed E-state index contributed by atoms with van der Waals surface area (Å²) >= 11 is 0. The molecule has 1 saturated carbocycles. The Morgan fingerprint density at radius 1 is 1.11 bits per heavy atom. The van der Waals surface area contributed by atoms with Crippen molar-refractivity contribution in [1.82, 2.24) is 10.5 Å². The highest BCUT2D eigenvalue weighted by Gasteiger charge is 2.53. The fraction of sp³-hybridized carbons (Fsp3) is 0.273. The molecular weight excluding hydrogens is 356 g/mol. The number of hydrogen-bond donors (Lipinski definition) is 1. The Hall–Kier alpha value is -3.28. The summed E-state index contributed by atoms with van der Waals surface area (Å²) in [4.78, 5) is 12.7. The molecule has 0 unspecified atom stereocenters. The maximum Gasteiger partial charge on any atom is 0.232 e. The number of hydrogen-bond acceptors (Lipinski definition) is 5. The number of benzene rings is 2. The van der Waals surface area contributed by atoms with Gasteiger partial charge in [-0.3, -0.25) is 4.79 Å². The van der Waals surface area contributed by atoms with Crippen LogP contribution >= 0.6 is 0 Å². The third kappa shape index (κ3) is 3.71. The van der Waals surface area contributed by atoms with E-state index in [-0.39, 0.29) is 5.91 Å². The van der Waals surface area contributed by atoms with Crippen molar-refractivity contribution < 1.29 is 18.8 Å². The van der Waals surface area contributed by atoms with Gasteiger partial charge >= 0.3 is 0 Å². The van der Waals surface area contributed by atoms with E-state index in [4.69, 9.17) is 14.0 Å². The first-order valence-electron chi connectivity index (χ1n) is 9.29. The van der Waals surface area contributed by atoms with Crippen molar-refractivity contribution >= 4 is 5.91 Å². The minimum absolute atomic E-state index is 0.0327. The van der Waals surface area contributed by atoms with Gasteiger partial charge < -0.3 is 19.3 Å². The Labute approximate surface area is 163 Å². The zero-order chi connectivity index (χ0) is 19.4. The van der Waals surface area contributed by atoms with E-state index in [1.807, 2.05) is 60.7 Å². The maximum atomic E-state index is 12.7. The second kappa shape index (κ2) is 7.76. The first-order chi connectivity index (χ1) is 13.7. The maximum absolute atomic E-state index is 12.7. The molecule has 0 spiro atoms. The summed E-state index contributed by atoms with van der Waals surface area (Å²) in [5.74, 6) is 2.13. The molecule has 0 bridgehead atoms. The lowest BCUT2D eigenvalue weighted by atomic mass is 10.0. The van der Waals surface area contributed by atoms with Crippen LogP contribution < -0.4 is 14.8 Å². The van der Waals surface area contributed by atoms with Crippen molar-refractivity contribution in [3.05, 3.63) is 66.4 Å². The molecule has 1 N–H and O–H groups in total. The number of para-hydroxylation sites is 1. The predicted molar refractivity (Wildman–Crippen MR) is 104 cm³/mol. The highest BCUT2D eigenvalue weighted by molar-refractivity contribution is 5.91. The van der Waals surface area contributed by atoms with Crippen LogP contribution in [0.25, 0.3) is 11.3 Å². The number of ether oxygens (including phenoxy) is 2. The van der Waals surface area contributed by atoms with E-state index in [0.29, 0.717) is 24.6 Å². The van der Waals surface area contributed by atoms with Crippen molar-refractivity contribution in [3.63, 3.8) is 0 Å². The topological polar surface area (TPSA) is 73.6 Å². The molecule has 2 aromatic carbocycles. The predicted octanol–water partition coefficient (Wildman–Crippen LogP) is 3.58. The molecule has 1 aliphatic carbocycles. The molecule has 0 atom stereocenters. The summed E-state index contributed by atoms with van der Waals surface area (Å²) < 4.78 is 16.4. The van der Waals surface area contributed by atoms with Gasteiger partial charge in [-0.15, -0.1) is 0 Å². The third-order valence-corrected chi connectivity index (χ3v) is 4.94. The minimum Gasteiger partial charge on any atom is -0.497 e. The molecule has 1 aromatic heterocycles. The molecular formula is C22H22N2O4. The fourth-order valence-electron chi connectivity index (χ4n) is 3.16. The van der Waals surface area contributed by atoms with E-state index < -0.39 is 5.41 Å². The van der Waals surface area contributed by atoms with Gasteiger partial charge in [0.25, 0.3) is 0 Å². The molecule has 6 heteroatoms. The van der Waals surface area contributed by atoms with Gasteiger partial charge in [-0.1, -0.05) is 35.5 Å². The number of rotatable bonds is 8. The molecule has 28 heavy (non-hydrogen) atoms. The Balaban J connectivity index is 1.37. The fourth-order valence-corrected chi connectivity index (χ4v) is 3.16. The van der Waals surface area contributed by atoms with Gasteiger partial charge in [0.1, 0.15) is 18.1 Å². The zero-order valence-corrected chi connectivity index (χ0v) is 15.7. The largest absolute Gasteiger partial charge is 0.497 e. The monoisotopic (exact) mass is 378 g/mol. The smallest absolute Gasteiger partial charge is 0.232 e. The molecule has 4 rings (SSSR count). The number of amides is 1. The normalized spacial score (nSPS) is 14.3. The second-order valence-corrected chi connectivity index (χ2v) is 6.81. The summed E-state index contributed by atoms with van der Waals surface area (Å²) in [6, 6.07) is 19.0. The minimum atomic E-state index is -0.590. The molecule has 1 amide bonds. The van der Waals surface area contributed by atoms with Crippen LogP contribution in [0.1, 0.15) is 18.5 Å². The highest BCUT2D eigenvalue weighted by Crippen LogP contribution is 2.48. The quantitative estimate of drug-likeness (QED) is 0.607. The molecule has 1 fully saturated rings. The standard InChI is InChI=1S/C22H22N2O4/c1-26-18-9-5-6-16(14-18)19-15-20(24-28-19)22(10-11-22)21(25)23-12-13-27-17-7-3-2-4-8-17/h2-9,14-15H,10-13H2,1H3,(H,23,25). The van der Waals surface area contributed by atoms with Crippen molar-refractivity contribution in [1.29, 1.82) is 0 Å². The lowest BCUT2D eigenvalue weighted by Gasteiger charge is -2.13. The Kier molecular flexibility index (Phi) is 5.02. The van der Waals surface area contributed by atoms with Gasteiger partial charge in [-0.25, -0.2) is 0 Å². The average Bonchev–Trinajstić information content (AvgIpc) is 3.41. The number of carbonyl (C=O) groups excluding carboxylic acids is 1. The average molecular weight is 378 g/mol. The van der Waals surface area contributed by atoms with Crippen LogP contribution in [-0.4, -0.2) is 31.3 Å². The van der Waals surface area contributed by atoms with Crippen LogP contribution in [0.15, 0.2) is 65.2 Å². The number of aromatic nitrogens is 1.